The molecule has 1 amide bonds. The van der Waals surface area contributed by atoms with E-state index in [2.05, 4.69) is 4.98 Å². The summed E-state index contributed by atoms with van der Waals surface area (Å²) in [7, 11) is 0. The zero-order chi connectivity index (χ0) is 22.7. The molecule has 0 unspecified atom stereocenters. The van der Waals surface area contributed by atoms with Crippen LogP contribution < -0.4 is 10.9 Å². The minimum absolute atomic E-state index is 0.107. The van der Waals surface area contributed by atoms with Crippen LogP contribution >= 0.6 is 11.3 Å². The fourth-order valence-electron chi connectivity index (χ4n) is 3.09. The number of non-ortho nitro benzene ring substituents is 1. The number of nitro benzene ring substituents is 1. The molecule has 2 aromatic heterocycles. The van der Waals surface area contributed by atoms with Crippen molar-refractivity contribution in [1.82, 2.24) is 10.1 Å². The second kappa shape index (κ2) is 9.51. The van der Waals surface area contributed by atoms with E-state index in [9.17, 15) is 19.7 Å². The number of carbonyl (C=O) groups excluding carboxylic acids is 2. The van der Waals surface area contributed by atoms with Crippen molar-refractivity contribution in [3.05, 3.63) is 86.0 Å². The number of nitrogens with zero attached hydrogens (tertiary/aromatic N) is 4. The van der Waals surface area contributed by atoms with Crippen LogP contribution in [0.3, 0.4) is 0 Å². The van der Waals surface area contributed by atoms with Crippen LogP contribution in [0.15, 0.2) is 48.8 Å². The number of nitrogens with two attached hydrogens (primary N) is 1. The quantitative estimate of drug-likeness (QED) is 0.200. The molecule has 154 valence electrons. The van der Waals surface area contributed by atoms with Gasteiger partial charge in [0.1, 0.15) is 0 Å². The van der Waals surface area contributed by atoms with Gasteiger partial charge in [-0.25, -0.2) is 0 Å². The second-order valence-electron chi connectivity index (χ2n) is 6.89. The summed E-state index contributed by atoms with van der Waals surface area (Å²) < 4.78 is -0.356. The Bertz CT molecular complexity index is 1130. The summed E-state index contributed by atoms with van der Waals surface area (Å²) in [5.41, 5.74) is 2.04. The number of aryl methyl sites for hydroxylation is 1. The van der Waals surface area contributed by atoms with Crippen molar-refractivity contribution < 1.29 is 14.5 Å². The summed E-state index contributed by atoms with van der Waals surface area (Å²) in [4.78, 5) is 41.2. The van der Waals surface area contributed by atoms with E-state index in [1.807, 2.05) is 13.0 Å². The van der Waals surface area contributed by atoms with Gasteiger partial charge in [0.05, 0.1) is 0 Å². The van der Waals surface area contributed by atoms with Crippen LogP contribution in [0.5, 0.6) is 0 Å². The Morgan fingerprint density at radius 1 is 1.23 bits per heavy atom. The molecule has 0 aliphatic carbocycles. The zero-order valence-corrected chi connectivity index (χ0v) is 18.0. The van der Waals surface area contributed by atoms with Crippen molar-refractivity contribution in [1.29, 1.82) is 0 Å². The van der Waals surface area contributed by atoms with Gasteiger partial charge >= 0.3 is 192 Å². The topological polar surface area (TPSA) is 123 Å². The Balaban J connectivity index is 2.02. The van der Waals surface area contributed by atoms with E-state index in [-0.39, 0.29) is 28.2 Å². The third-order valence-corrected chi connectivity index (χ3v) is 5.93. The first-order valence-corrected chi connectivity index (χ1v) is 10.1. The van der Waals surface area contributed by atoms with Crippen LogP contribution in [0.2, 0.25) is 0 Å². The molecular formula is C20H18LiN5O4S. The molecule has 0 fully saturated rings. The van der Waals surface area contributed by atoms with Crippen LogP contribution in [0.25, 0.3) is 0 Å². The Morgan fingerprint density at radius 3 is 2.45 bits per heavy atom. The van der Waals surface area contributed by atoms with Gasteiger partial charge in [0.25, 0.3) is 0 Å². The number of benzene rings is 1. The standard InChI is InChI=1S/C20H18N5O4S.Li/c1-13-14(2)30-20(23(12-26)24(21)11-15-4-3-9-22-10-15)18(13)19(27)16-5-7-17(8-6-16)25(28)29;/h3-10H,11,21H2,1-2H3;. The molecule has 9 nitrogen and oxygen atoms in total. The van der Waals surface area contributed by atoms with Crippen LogP contribution in [-0.4, -0.2) is 43.1 Å². The molecule has 3 rings (SSSR count). The van der Waals surface area contributed by atoms with Gasteiger partial charge in [-0.2, -0.15) is 0 Å². The molecule has 0 saturated carbocycles. The molecular weight excluding hydrogens is 413 g/mol. The van der Waals surface area contributed by atoms with E-state index in [1.54, 1.807) is 25.4 Å². The van der Waals surface area contributed by atoms with Crippen LogP contribution in [-0.2, 0) is 6.54 Å². The maximum absolute atomic E-state index is 13.3. The van der Waals surface area contributed by atoms with Crippen molar-refractivity contribution in [2.75, 3.05) is 5.01 Å². The molecule has 0 aliphatic rings. The van der Waals surface area contributed by atoms with Crippen LogP contribution in [0.1, 0.15) is 31.9 Å². The average Bonchev–Trinajstić information content (AvgIpc) is 3.02. The molecule has 0 spiro atoms. The van der Waals surface area contributed by atoms with Gasteiger partial charge in [0.15, 0.2) is 0 Å². The van der Waals surface area contributed by atoms with Gasteiger partial charge in [-0.1, -0.05) is 0 Å². The molecule has 11 heteroatoms. The maximum atomic E-state index is 13.3. The predicted molar refractivity (Wildman–Crippen MR) is 118 cm³/mol. The normalized spacial score (nSPS) is 10.9. The monoisotopic (exact) mass is 431 g/mol. The fourth-order valence-corrected chi connectivity index (χ4v) is 4.31. The average molecular weight is 431 g/mol. The third kappa shape index (κ3) is 4.90. The molecule has 0 saturated heterocycles. The van der Waals surface area contributed by atoms with Gasteiger partial charge < -0.3 is 0 Å². The number of carbonyl (C=O) groups is 2. The van der Waals surface area contributed by atoms with E-state index >= 15 is 0 Å². The summed E-state index contributed by atoms with van der Waals surface area (Å²) in [6, 6.07) is 8.97. The van der Waals surface area contributed by atoms with Gasteiger partial charge in [0.2, 0.25) is 0 Å². The van der Waals surface area contributed by atoms with Crippen LogP contribution in [0, 0.1) is 24.0 Å². The molecule has 2 heterocycles. The van der Waals surface area contributed by atoms with Crippen molar-refractivity contribution in [3.63, 3.8) is 0 Å². The summed E-state index contributed by atoms with van der Waals surface area (Å²) in [6.07, 6.45) is 3.28. The van der Waals surface area contributed by atoms with E-state index in [0.29, 0.717) is 10.6 Å². The number of thiophene rings is 1. The van der Waals surface area contributed by atoms with Crippen LogP contribution in [0.4, 0.5) is 15.5 Å². The molecule has 2 N–H and O–H groups in total. The number of aromatic nitrogens is 1. The van der Waals surface area contributed by atoms with Crippen molar-refractivity contribution in [3.8, 4) is 0 Å². The first-order chi connectivity index (χ1) is 14.7. The first kappa shape index (κ1) is 22.8. The SMILES string of the molecule is [Li][C](=O)N(c1sc(C)c(C)c1C(=O)c1ccc([N+](=O)[O-])cc1)N(N)Cc1cccnc1. The van der Waals surface area contributed by atoms with E-state index < -0.39 is 4.92 Å². The molecule has 31 heavy (non-hydrogen) atoms. The molecule has 0 aliphatic heterocycles. The van der Waals surface area contributed by atoms with E-state index in [4.69, 9.17) is 5.84 Å². The zero-order valence-electron chi connectivity index (χ0n) is 17.2. The van der Waals surface area contributed by atoms with E-state index in [1.165, 1.54) is 63.4 Å². The van der Waals surface area contributed by atoms with Gasteiger partial charge in [-0.15, -0.1) is 0 Å². The third-order valence-electron chi connectivity index (χ3n) is 4.75. The number of pyridine rings is 1. The van der Waals surface area contributed by atoms with Crippen molar-refractivity contribution in [2.24, 2.45) is 5.84 Å². The Labute approximate surface area is 191 Å². The molecule has 3 aromatic rings. The Hall–Kier alpha value is -2.87. The molecule has 1 aromatic carbocycles. The van der Waals surface area contributed by atoms with Gasteiger partial charge in [-0.3, -0.25) is 0 Å². The summed E-state index contributed by atoms with van der Waals surface area (Å²) in [5.74, 6) is 5.89. The number of rotatable bonds is 7. The predicted octanol–water partition coefficient (Wildman–Crippen LogP) is 3.28. The first-order valence-electron chi connectivity index (χ1n) is 9.31. The number of amides is 1. The number of anilines is 1. The Morgan fingerprint density at radius 2 is 1.90 bits per heavy atom. The van der Waals surface area contributed by atoms with Gasteiger partial charge in [-0.05, 0) is 0 Å². The summed E-state index contributed by atoms with van der Waals surface area (Å²) >= 11 is 2.65. The minimum atomic E-state index is -0.526. The molecule has 0 radical (unpaired) electrons. The summed E-state index contributed by atoms with van der Waals surface area (Å²) in [5, 5.41) is 13.8. The van der Waals surface area contributed by atoms with E-state index in [0.717, 1.165) is 16.0 Å². The van der Waals surface area contributed by atoms with Gasteiger partial charge in [0, 0.05) is 0 Å². The number of hydrogen-bond donors (Lipinski definition) is 1. The number of hydrogen-bond acceptors (Lipinski definition) is 8. The second-order valence-corrected chi connectivity index (χ2v) is 8.09. The number of hydrazine groups is 2. The number of ketones is 1. The molecule has 0 bridgehead atoms. The Kier molecular flexibility index (Phi) is 7.00. The summed E-state index contributed by atoms with van der Waals surface area (Å²) in [6.45, 7) is 3.86. The molecule has 0 atom stereocenters. The van der Waals surface area contributed by atoms with Crippen molar-refractivity contribution in [2.45, 2.75) is 20.4 Å². The van der Waals surface area contributed by atoms with Crippen molar-refractivity contribution >= 4 is 50.1 Å². The fraction of sp³-hybridized carbons (Fsp3) is 0.150. The number of nitro groups is 1.